The van der Waals surface area contributed by atoms with Crippen molar-refractivity contribution < 1.29 is 9.90 Å². The average molecular weight is 237 g/mol. The van der Waals surface area contributed by atoms with Crippen molar-refractivity contribution in [3.8, 4) is 0 Å². The summed E-state index contributed by atoms with van der Waals surface area (Å²) in [5.74, 6) is -1.05. The van der Waals surface area contributed by atoms with Crippen molar-refractivity contribution in [2.45, 2.75) is 5.00 Å². The van der Waals surface area contributed by atoms with Gasteiger partial charge >= 0.3 is 5.97 Å². The van der Waals surface area contributed by atoms with Crippen molar-refractivity contribution >= 4 is 17.6 Å². The third-order valence-corrected chi connectivity index (χ3v) is 2.71. The van der Waals surface area contributed by atoms with Crippen LogP contribution in [0.4, 0.5) is 0 Å². The number of nitrogens with zero attached hydrogens (tertiary/aromatic N) is 1. The summed E-state index contributed by atoms with van der Waals surface area (Å²) in [5.41, 5.74) is 0.558. The highest BCUT2D eigenvalue weighted by Gasteiger charge is 2.30. The summed E-state index contributed by atoms with van der Waals surface area (Å²) in [5, 5.41) is 12.0. The number of nitrogens with one attached hydrogen (secondary N) is 1. The van der Waals surface area contributed by atoms with Gasteiger partial charge in [-0.3, -0.25) is 4.98 Å². The molecule has 0 fully saturated rings. The molecule has 1 aliphatic rings. The first-order chi connectivity index (χ1) is 7.63. The molecule has 1 atom stereocenters. The topological polar surface area (TPSA) is 62.2 Å². The smallest absolute Gasteiger partial charge is 0.337 e. The molecule has 0 aromatic carbocycles. The Morgan fingerprint density at radius 1 is 1.50 bits per heavy atom. The van der Waals surface area contributed by atoms with Crippen molar-refractivity contribution in [3.05, 3.63) is 54.0 Å². The Labute approximate surface area is 97.3 Å². The van der Waals surface area contributed by atoms with Crippen LogP contribution in [0.3, 0.4) is 0 Å². The van der Waals surface area contributed by atoms with E-state index in [2.05, 4.69) is 10.3 Å². The zero-order chi connectivity index (χ0) is 11.6. The molecular formula is C11H9ClN2O2. The van der Waals surface area contributed by atoms with Gasteiger partial charge in [-0.25, -0.2) is 4.79 Å². The quantitative estimate of drug-likeness (QED) is 0.608. The molecule has 0 bridgehead atoms. The zero-order valence-corrected chi connectivity index (χ0v) is 8.98. The summed E-state index contributed by atoms with van der Waals surface area (Å²) < 4.78 is 0. The minimum absolute atomic E-state index is 0.0879. The monoisotopic (exact) mass is 236 g/mol. The highest BCUT2D eigenvalue weighted by atomic mass is 35.5. The van der Waals surface area contributed by atoms with Crippen molar-refractivity contribution in [1.82, 2.24) is 10.3 Å². The van der Waals surface area contributed by atoms with Gasteiger partial charge in [-0.2, -0.15) is 0 Å². The zero-order valence-electron chi connectivity index (χ0n) is 8.22. The third-order valence-electron chi connectivity index (χ3n) is 2.27. The number of aromatic nitrogens is 1. The first kappa shape index (κ1) is 10.7. The van der Waals surface area contributed by atoms with Crippen LogP contribution in [0, 0.1) is 0 Å². The maximum absolute atomic E-state index is 11.0. The van der Waals surface area contributed by atoms with Crippen molar-refractivity contribution in [1.29, 1.82) is 0 Å². The minimum Gasteiger partial charge on any atom is -0.478 e. The Kier molecular flexibility index (Phi) is 2.66. The lowest BCUT2D eigenvalue weighted by Crippen LogP contribution is -2.34. The fraction of sp³-hybridized carbons (Fsp3) is 0.0909. The van der Waals surface area contributed by atoms with E-state index in [0.717, 1.165) is 0 Å². The molecule has 2 heterocycles. The first-order valence-corrected chi connectivity index (χ1v) is 5.00. The van der Waals surface area contributed by atoms with Crippen molar-refractivity contribution in [2.24, 2.45) is 0 Å². The van der Waals surface area contributed by atoms with Crippen LogP contribution in [-0.4, -0.2) is 16.1 Å². The van der Waals surface area contributed by atoms with E-state index in [9.17, 15) is 4.79 Å². The van der Waals surface area contributed by atoms with Gasteiger partial charge in [-0.05, 0) is 24.4 Å². The van der Waals surface area contributed by atoms with Crippen LogP contribution >= 0.6 is 11.6 Å². The summed E-state index contributed by atoms with van der Waals surface area (Å²) in [6.07, 6.45) is 9.70. The van der Waals surface area contributed by atoms with Crippen LogP contribution in [0.1, 0.15) is 15.9 Å². The normalized spacial score (nSPS) is 22.8. The van der Waals surface area contributed by atoms with Crippen molar-refractivity contribution in [3.63, 3.8) is 0 Å². The molecule has 1 aromatic rings. The number of hydrogen-bond acceptors (Lipinski definition) is 3. The van der Waals surface area contributed by atoms with Gasteiger partial charge in [-0.1, -0.05) is 17.7 Å². The maximum atomic E-state index is 11.0. The van der Waals surface area contributed by atoms with E-state index in [-0.39, 0.29) is 5.56 Å². The Bertz CT molecular complexity index is 485. The molecule has 4 nitrogen and oxygen atoms in total. The molecule has 0 amide bonds. The van der Waals surface area contributed by atoms with Crippen LogP contribution in [0.5, 0.6) is 0 Å². The fourth-order valence-electron chi connectivity index (χ4n) is 1.51. The number of carboxylic acid groups (broad SMARTS) is 1. The number of hydrogen-bond donors (Lipinski definition) is 2. The van der Waals surface area contributed by atoms with Crippen LogP contribution in [0.15, 0.2) is 42.9 Å². The van der Waals surface area contributed by atoms with Crippen molar-refractivity contribution in [2.75, 3.05) is 0 Å². The van der Waals surface area contributed by atoms with Crippen LogP contribution in [0.25, 0.3) is 0 Å². The fourth-order valence-corrected chi connectivity index (χ4v) is 1.81. The van der Waals surface area contributed by atoms with E-state index in [1.54, 1.807) is 30.5 Å². The molecule has 1 aliphatic heterocycles. The number of alkyl halides is 1. The molecule has 0 aliphatic carbocycles. The molecule has 5 heteroatoms. The second kappa shape index (κ2) is 3.98. The highest BCUT2D eigenvalue weighted by Crippen LogP contribution is 2.31. The molecule has 0 saturated heterocycles. The number of aromatic carboxylic acids is 1. The summed E-state index contributed by atoms with van der Waals surface area (Å²) in [6.45, 7) is 0. The second-order valence-corrected chi connectivity index (χ2v) is 3.90. The van der Waals surface area contributed by atoms with Gasteiger partial charge in [0.2, 0.25) is 0 Å². The van der Waals surface area contributed by atoms with Crippen LogP contribution in [0.2, 0.25) is 0 Å². The average Bonchev–Trinajstić information content (AvgIpc) is 2.30. The largest absolute Gasteiger partial charge is 0.478 e. The number of dihydropyridines is 1. The molecular weight excluding hydrogens is 228 g/mol. The lowest BCUT2D eigenvalue weighted by Gasteiger charge is -2.27. The lowest BCUT2D eigenvalue weighted by molar-refractivity contribution is 0.0694. The van der Waals surface area contributed by atoms with E-state index in [0.29, 0.717) is 5.56 Å². The maximum Gasteiger partial charge on any atom is 0.337 e. The Hall–Kier alpha value is -1.81. The molecule has 82 valence electrons. The Morgan fingerprint density at radius 3 is 2.94 bits per heavy atom. The van der Waals surface area contributed by atoms with E-state index >= 15 is 0 Å². The summed E-state index contributed by atoms with van der Waals surface area (Å²) in [7, 11) is 0. The number of carbonyl (C=O) groups is 1. The standard InChI is InChI=1S/C11H9ClN2O2/c12-11(4-1-2-5-14-11)9-3-6-13-7-8(9)10(15)16/h1-7,14H,(H,15,16). The minimum atomic E-state index is -1.05. The van der Waals surface area contributed by atoms with E-state index in [1.807, 2.05) is 0 Å². The second-order valence-electron chi connectivity index (χ2n) is 3.30. The van der Waals surface area contributed by atoms with Gasteiger partial charge in [0.25, 0.3) is 0 Å². The lowest BCUT2D eigenvalue weighted by atomic mass is 10.0. The predicted molar refractivity (Wildman–Crippen MR) is 60.1 cm³/mol. The highest BCUT2D eigenvalue weighted by molar-refractivity contribution is 6.25. The summed E-state index contributed by atoms with van der Waals surface area (Å²) in [4.78, 5) is 13.8. The number of rotatable bonds is 2. The molecule has 2 rings (SSSR count). The SMILES string of the molecule is O=C(O)c1cnccc1C1(Cl)C=CC=CN1. The van der Waals surface area contributed by atoms with Gasteiger partial charge in [0.05, 0.1) is 5.56 Å². The molecule has 0 saturated carbocycles. The molecule has 2 N–H and O–H groups in total. The van der Waals surface area contributed by atoms with Gasteiger partial charge in [-0.15, -0.1) is 0 Å². The van der Waals surface area contributed by atoms with E-state index < -0.39 is 11.0 Å². The predicted octanol–water partition coefficient (Wildman–Crippen LogP) is 1.84. The number of halogens is 1. The molecule has 1 unspecified atom stereocenters. The summed E-state index contributed by atoms with van der Waals surface area (Å²) in [6, 6.07) is 1.59. The Morgan fingerprint density at radius 2 is 2.31 bits per heavy atom. The van der Waals surface area contributed by atoms with Crippen LogP contribution in [-0.2, 0) is 5.00 Å². The van der Waals surface area contributed by atoms with Gasteiger partial charge in [0.15, 0.2) is 5.00 Å². The first-order valence-electron chi connectivity index (χ1n) is 4.62. The van der Waals surface area contributed by atoms with Gasteiger partial charge in [0.1, 0.15) is 0 Å². The summed E-state index contributed by atoms with van der Waals surface area (Å²) >= 11 is 6.31. The number of carboxylic acids is 1. The Balaban J connectivity index is 2.51. The molecule has 1 aromatic heterocycles. The molecule has 16 heavy (non-hydrogen) atoms. The number of allylic oxidation sites excluding steroid dienone is 2. The number of pyridine rings is 1. The van der Waals surface area contributed by atoms with E-state index in [4.69, 9.17) is 16.7 Å². The molecule has 0 radical (unpaired) electrons. The molecule has 0 spiro atoms. The van der Waals surface area contributed by atoms with E-state index in [1.165, 1.54) is 12.4 Å². The van der Waals surface area contributed by atoms with Crippen LogP contribution < -0.4 is 5.32 Å². The van der Waals surface area contributed by atoms with Gasteiger partial charge < -0.3 is 10.4 Å². The third kappa shape index (κ3) is 1.79. The van der Waals surface area contributed by atoms with Gasteiger partial charge in [0, 0.05) is 18.0 Å².